The minimum Gasteiger partial charge on any atom is -0.339 e. The molecule has 1 aromatic rings. The molecule has 2 heterocycles. The molecule has 1 unspecified atom stereocenters. The average Bonchev–Trinajstić information content (AvgIpc) is 2.64. The molecular formula is C8H13N5O. The third-order valence-electron chi connectivity index (χ3n) is 2.48. The number of aromatic amines is 1. The van der Waals surface area contributed by atoms with Gasteiger partial charge in [-0.15, -0.1) is 0 Å². The Kier molecular flexibility index (Phi) is 1.92. The third kappa shape index (κ3) is 1.00. The summed E-state index contributed by atoms with van der Waals surface area (Å²) in [7, 11) is 5.45. The molecule has 0 aromatic carbocycles. The van der Waals surface area contributed by atoms with Crippen LogP contribution in [0.1, 0.15) is 10.5 Å². The Balaban J connectivity index is 2.47. The lowest BCUT2D eigenvalue weighted by Crippen LogP contribution is -2.58. The summed E-state index contributed by atoms with van der Waals surface area (Å²) in [5, 5.41) is 3.04. The number of imidazole rings is 1. The van der Waals surface area contributed by atoms with Gasteiger partial charge < -0.3 is 14.8 Å². The van der Waals surface area contributed by atoms with Crippen molar-refractivity contribution >= 4 is 11.7 Å². The van der Waals surface area contributed by atoms with Crippen LogP contribution in [0.15, 0.2) is 6.33 Å². The second-order valence-corrected chi connectivity index (χ2v) is 3.29. The molecule has 1 aliphatic rings. The smallest absolute Gasteiger partial charge is 0.276 e. The fraction of sp³-hybridized carbons (Fsp3) is 0.500. The number of nitrogens with one attached hydrogen (secondary N) is 2. The first kappa shape index (κ1) is 9.01. The molecule has 6 heteroatoms. The number of rotatable bonds is 1. The van der Waals surface area contributed by atoms with Crippen LogP contribution in [0, 0.1) is 0 Å². The van der Waals surface area contributed by atoms with Crippen LogP contribution in [0.2, 0.25) is 0 Å². The molecule has 0 spiro atoms. The Morgan fingerprint density at radius 3 is 2.86 bits per heavy atom. The van der Waals surface area contributed by atoms with E-state index in [0.717, 1.165) is 0 Å². The van der Waals surface area contributed by atoms with E-state index in [4.69, 9.17) is 0 Å². The van der Waals surface area contributed by atoms with Crippen LogP contribution in [0.4, 0.5) is 5.82 Å². The number of hydrogen-bond acceptors (Lipinski definition) is 4. The van der Waals surface area contributed by atoms with Crippen molar-refractivity contribution in [1.82, 2.24) is 20.2 Å². The molecule has 1 atom stereocenters. The maximum Gasteiger partial charge on any atom is 0.276 e. The topological polar surface area (TPSA) is 64.3 Å². The molecule has 0 aliphatic carbocycles. The minimum absolute atomic E-state index is 0.0463. The lowest BCUT2D eigenvalue weighted by molar-refractivity contribution is 0.0681. The molecular weight excluding hydrogens is 182 g/mol. The van der Waals surface area contributed by atoms with E-state index in [2.05, 4.69) is 15.3 Å². The van der Waals surface area contributed by atoms with E-state index in [1.54, 1.807) is 11.9 Å². The lowest BCUT2D eigenvalue weighted by Gasteiger charge is -2.39. The SMILES string of the molecule is CNC1N(C)C(=O)c2[nH]cnc2N1C. The second kappa shape index (κ2) is 2.98. The number of amides is 1. The van der Waals surface area contributed by atoms with Gasteiger partial charge in [0, 0.05) is 14.1 Å². The molecule has 0 saturated heterocycles. The van der Waals surface area contributed by atoms with E-state index < -0.39 is 0 Å². The number of nitrogens with zero attached hydrogens (tertiary/aromatic N) is 3. The first-order chi connectivity index (χ1) is 6.66. The van der Waals surface area contributed by atoms with Crippen molar-refractivity contribution in [3.8, 4) is 0 Å². The molecule has 14 heavy (non-hydrogen) atoms. The first-order valence-electron chi connectivity index (χ1n) is 4.37. The summed E-state index contributed by atoms with van der Waals surface area (Å²) in [5.41, 5.74) is 0.543. The Morgan fingerprint density at radius 1 is 1.50 bits per heavy atom. The molecule has 0 saturated carbocycles. The van der Waals surface area contributed by atoms with Crippen molar-refractivity contribution in [3.63, 3.8) is 0 Å². The predicted molar refractivity (Wildman–Crippen MR) is 51.9 cm³/mol. The number of H-pyrrole nitrogens is 1. The summed E-state index contributed by atoms with van der Waals surface area (Å²) in [6.07, 6.45) is 1.39. The number of fused-ring (bicyclic) bond motifs is 1. The van der Waals surface area contributed by atoms with Crippen LogP contribution >= 0.6 is 0 Å². The maximum absolute atomic E-state index is 11.8. The van der Waals surface area contributed by atoms with Crippen LogP contribution in [-0.4, -0.2) is 48.2 Å². The summed E-state index contributed by atoms with van der Waals surface area (Å²) in [6.45, 7) is 0. The molecule has 1 amide bonds. The van der Waals surface area contributed by atoms with Crippen molar-refractivity contribution in [2.75, 3.05) is 26.0 Å². The van der Waals surface area contributed by atoms with Crippen molar-refractivity contribution < 1.29 is 4.79 Å². The highest BCUT2D eigenvalue weighted by atomic mass is 16.2. The highest BCUT2D eigenvalue weighted by molar-refractivity contribution is 5.98. The minimum atomic E-state index is -0.140. The first-order valence-corrected chi connectivity index (χ1v) is 4.37. The maximum atomic E-state index is 11.8. The van der Waals surface area contributed by atoms with Crippen LogP contribution < -0.4 is 10.2 Å². The monoisotopic (exact) mass is 195 g/mol. The zero-order valence-electron chi connectivity index (χ0n) is 8.40. The highest BCUT2D eigenvalue weighted by Crippen LogP contribution is 2.23. The highest BCUT2D eigenvalue weighted by Gasteiger charge is 2.34. The van der Waals surface area contributed by atoms with Gasteiger partial charge in [0.15, 0.2) is 12.1 Å². The van der Waals surface area contributed by atoms with E-state index >= 15 is 0 Å². The van der Waals surface area contributed by atoms with E-state index in [1.807, 2.05) is 19.0 Å². The number of carbonyl (C=O) groups excluding carboxylic acids is 1. The van der Waals surface area contributed by atoms with Gasteiger partial charge in [0.05, 0.1) is 6.33 Å². The van der Waals surface area contributed by atoms with Gasteiger partial charge in [-0.2, -0.15) is 0 Å². The summed E-state index contributed by atoms with van der Waals surface area (Å²) < 4.78 is 0. The molecule has 0 radical (unpaired) electrons. The Labute approximate surface area is 81.9 Å². The van der Waals surface area contributed by atoms with Gasteiger partial charge in [-0.1, -0.05) is 0 Å². The van der Waals surface area contributed by atoms with Crippen molar-refractivity contribution in [2.45, 2.75) is 6.29 Å². The van der Waals surface area contributed by atoms with Gasteiger partial charge >= 0.3 is 0 Å². The lowest BCUT2D eigenvalue weighted by atomic mass is 10.3. The quantitative estimate of drug-likeness (QED) is 0.630. The van der Waals surface area contributed by atoms with Gasteiger partial charge in [0.1, 0.15) is 5.69 Å². The molecule has 0 bridgehead atoms. The van der Waals surface area contributed by atoms with Crippen LogP contribution in [-0.2, 0) is 0 Å². The molecule has 1 aliphatic heterocycles. The largest absolute Gasteiger partial charge is 0.339 e. The third-order valence-corrected chi connectivity index (χ3v) is 2.48. The van der Waals surface area contributed by atoms with Crippen molar-refractivity contribution in [2.24, 2.45) is 0 Å². The zero-order chi connectivity index (χ0) is 10.3. The fourth-order valence-electron chi connectivity index (χ4n) is 1.76. The Bertz CT molecular complexity index is 360. The van der Waals surface area contributed by atoms with E-state index in [-0.39, 0.29) is 12.2 Å². The fourth-order valence-corrected chi connectivity index (χ4v) is 1.76. The summed E-state index contributed by atoms with van der Waals surface area (Å²) >= 11 is 0. The van der Waals surface area contributed by atoms with Gasteiger partial charge in [-0.05, 0) is 7.05 Å². The summed E-state index contributed by atoms with van der Waals surface area (Å²) in [6, 6.07) is 0. The molecule has 6 nitrogen and oxygen atoms in total. The van der Waals surface area contributed by atoms with Gasteiger partial charge in [0.25, 0.3) is 5.91 Å². The van der Waals surface area contributed by atoms with Gasteiger partial charge in [-0.3, -0.25) is 10.1 Å². The molecule has 0 fully saturated rings. The summed E-state index contributed by atoms with van der Waals surface area (Å²) in [4.78, 5) is 22.3. The predicted octanol–water partition coefficient (Wildman–Crippen LogP) is -0.565. The van der Waals surface area contributed by atoms with E-state index in [0.29, 0.717) is 11.5 Å². The standard InChI is InChI=1S/C8H13N5O/c1-9-8-12(2)6-5(10-4-11-6)7(14)13(8)3/h4,8-9H,1-3H3,(H,10,11). The average molecular weight is 195 g/mol. The number of hydrogen-bond donors (Lipinski definition) is 2. The molecule has 2 N–H and O–H groups in total. The van der Waals surface area contributed by atoms with Crippen LogP contribution in [0.25, 0.3) is 0 Å². The Hall–Kier alpha value is -1.56. The van der Waals surface area contributed by atoms with Gasteiger partial charge in [-0.25, -0.2) is 4.98 Å². The van der Waals surface area contributed by atoms with Crippen molar-refractivity contribution in [1.29, 1.82) is 0 Å². The van der Waals surface area contributed by atoms with Crippen molar-refractivity contribution in [3.05, 3.63) is 12.0 Å². The van der Waals surface area contributed by atoms with Gasteiger partial charge in [0.2, 0.25) is 0 Å². The van der Waals surface area contributed by atoms with E-state index in [9.17, 15) is 4.79 Å². The second-order valence-electron chi connectivity index (χ2n) is 3.29. The molecule has 1 aromatic heterocycles. The van der Waals surface area contributed by atoms with E-state index in [1.165, 1.54) is 6.33 Å². The number of carbonyl (C=O) groups is 1. The normalized spacial score (nSPS) is 21.4. The number of aromatic nitrogens is 2. The number of anilines is 1. The molecule has 2 rings (SSSR count). The molecule has 76 valence electrons. The zero-order valence-corrected chi connectivity index (χ0v) is 8.40. The summed E-state index contributed by atoms with van der Waals surface area (Å²) in [5.74, 6) is 0.641. The van der Waals surface area contributed by atoms with Crippen LogP contribution in [0.5, 0.6) is 0 Å². The van der Waals surface area contributed by atoms with Crippen LogP contribution in [0.3, 0.4) is 0 Å². The Morgan fingerprint density at radius 2 is 2.21 bits per heavy atom.